The Labute approximate surface area is 137 Å². The molecule has 1 N–H and O–H groups in total. The number of aryl methyl sites for hydroxylation is 1. The zero-order chi connectivity index (χ0) is 15.9. The van der Waals surface area contributed by atoms with Crippen LogP contribution in [0.5, 0.6) is 11.5 Å². The molecule has 3 rings (SSSR count). The third-order valence-electron chi connectivity index (χ3n) is 4.12. The van der Waals surface area contributed by atoms with Crippen LogP contribution >= 0.6 is 0 Å². The van der Waals surface area contributed by atoms with Crippen LogP contribution in [0.2, 0.25) is 0 Å². The predicted molar refractivity (Wildman–Crippen MR) is 90.7 cm³/mol. The van der Waals surface area contributed by atoms with Gasteiger partial charge in [-0.2, -0.15) is 0 Å². The summed E-state index contributed by atoms with van der Waals surface area (Å²) in [6.07, 6.45) is 5.92. The van der Waals surface area contributed by atoms with Crippen LogP contribution in [0.15, 0.2) is 42.7 Å². The second kappa shape index (κ2) is 8.09. The summed E-state index contributed by atoms with van der Waals surface area (Å²) in [6, 6.07) is 10.1. The highest BCUT2D eigenvalue weighted by Crippen LogP contribution is 2.25. The van der Waals surface area contributed by atoms with Gasteiger partial charge in [-0.1, -0.05) is 12.1 Å². The van der Waals surface area contributed by atoms with Crippen molar-refractivity contribution in [3.8, 4) is 11.5 Å². The number of pyridine rings is 1. The molecule has 0 aliphatic carbocycles. The molecule has 2 aromatic rings. The Morgan fingerprint density at radius 3 is 3.04 bits per heavy atom. The second-order valence-electron chi connectivity index (χ2n) is 6.10. The van der Waals surface area contributed by atoms with Gasteiger partial charge in [0, 0.05) is 25.9 Å². The largest absolute Gasteiger partial charge is 0.455 e. The molecule has 0 spiro atoms. The third kappa shape index (κ3) is 4.78. The number of nitrogens with zero attached hydrogens (tertiary/aromatic N) is 1. The number of aromatic nitrogens is 1. The summed E-state index contributed by atoms with van der Waals surface area (Å²) in [4.78, 5) is 4.07. The molecule has 1 saturated heterocycles. The molecule has 1 aliphatic heterocycles. The first-order chi connectivity index (χ1) is 11.3. The average molecular weight is 312 g/mol. The van der Waals surface area contributed by atoms with E-state index >= 15 is 0 Å². The number of ether oxygens (including phenoxy) is 2. The number of hydrogen-bond donors (Lipinski definition) is 1. The van der Waals surface area contributed by atoms with Crippen molar-refractivity contribution < 1.29 is 9.47 Å². The van der Waals surface area contributed by atoms with Gasteiger partial charge in [0.2, 0.25) is 0 Å². The lowest BCUT2D eigenvalue weighted by atomic mass is 10.0. The van der Waals surface area contributed by atoms with E-state index in [1.807, 2.05) is 18.2 Å². The molecule has 4 heteroatoms. The zero-order valence-corrected chi connectivity index (χ0v) is 13.6. The van der Waals surface area contributed by atoms with Gasteiger partial charge in [0.05, 0.1) is 12.8 Å². The first kappa shape index (κ1) is 16.0. The van der Waals surface area contributed by atoms with Crippen molar-refractivity contribution in [3.63, 3.8) is 0 Å². The topological polar surface area (TPSA) is 43.4 Å². The number of nitrogens with one attached hydrogen (secondary N) is 1. The zero-order valence-electron chi connectivity index (χ0n) is 13.6. The summed E-state index contributed by atoms with van der Waals surface area (Å²) in [5.74, 6) is 2.29. The average Bonchev–Trinajstić information content (AvgIpc) is 2.59. The molecule has 0 radical (unpaired) electrons. The molecule has 1 unspecified atom stereocenters. The highest BCUT2D eigenvalue weighted by Gasteiger charge is 2.13. The Morgan fingerprint density at radius 2 is 2.30 bits per heavy atom. The SMILES string of the molecule is Cc1cc(CNCC2CCCOC2)ccc1Oc1cccnc1. The number of benzene rings is 1. The summed E-state index contributed by atoms with van der Waals surface area (Å²) >= 11 is 0. The van der Waals surface area contributed by atoms with E-state index in [1.54, 1.807) is 12.4 Å². The van der Waals surface area contributed by atoms with Crippen LogP contribution in [0, 0.1) is 12.8 Å². The van der Waals surface area contributed by atoms with E-state index in [0.717, 1.165) is 43.4 Å². The van der Waals surface area contributed by atoms with E-state index < -0.39 is 0 Å². The van der Waals surface area contributed by atoms with Gasteiger partial charge in [-0.3, -0.25) is 4.98 Å². The van der Waals surface area contributed by atoms with Crippen LogP contribution < -0.4 is 10.1 Å². The van der Waals surface area contributed by atoms with Crippen molar-refractivity contribution in [2.45, 2.75) is 26.3 Å². The standard InChI is InChI=1S/C19H24N2O2/c1-15-10-16(11-21-12-17-4-3-9-22-14-17)6-7-19(15)23-18-5-2-8-20-13-18/h2,5-8,10,13,17,21H,3-4,9,11-12,14H2,1H3. The Kier molecular flexibility index (Phi) is 5.61. The molecule has 0 bridgehead atoms. The summed E-state index contributed by atoms with van der Waals surface area (Å²) in [5, 5.41) is 3.54. The fraction of sp³-hybridized carbons (Fsp3) is 0.421. The lowest BCUT2D eigenvalue weighted by Gasteiger charge is -2.22. The predicted octanol–water partition coefficient (Wildman–Crippen LogP) is 3.70. The van der Waals surface area contributed by atoms with E-state index in [2.05, 4.69) is 29.4 Å². The maximum Gasteiger partial charge on any atom is 0.145 e. The van der Waals surface area contributed by atoms with Crippen molar-refractivity contribution in [2.24, 2.45) is 5.92 Å². The minimum atomic E-state index is 0.651. The van der Waals surface area contributed by atoms with Crippen LogP contribution in [0.4, 0.5) is 0 Å². The van der Waals surface area contributed by atoms with Gasteiger partial charge < -0.3 is 14.8 Å². The molecule has 0 amide bonds. The lowest BCUT2D eigenvalue weighted by Crippen LogP contribution is -2.28. The molecule has 1 aromatic heterocycles. The number of hydrogen-bond acceptors (Lipinski definition) is 4. The van der Waals surface area contributed by atoms with Gasteiger partial charge in [-0.25, -0.2) is 0 Å². The van der Waals surface area contributed by atoms with Crippen LogP contribution in [-0.2, 0) is 11.3 Å². The smallest absolute Gasteiger partial charge is 0.145 e. The van der Waals surface area contributed by atoms with Crippen molar-refractivity contribution in [1.82, 2.24) is 10.3 Å². The van der Waals surface area contributed by atoms with E-state index in [9.17, 15) is 0 Å². The van der Waals surface area contributed by atoms with Gasteiger partial charge in [0.15, 0.2) is 0 Å². The molecule has 2 heterocycles. The molecule has 4 nitrogen and oxygen atoms in total. The Balaban J connectivity index is 1.52. The molecule has 122 valence electrons. The van der Waals surface area contributed by atoms with Crippen molar-refractivity contribution >= 4 is 0 Å². The van der Waals surface area contributed by atoms with E-state index in [1.165, 1.54) is 18.4 Å². The highest BCUT2D eigenvalue weighted by atomic mass is 16.5. The Hall–Kier alpha value is -1.91. The van der Waals surface area contributed by atoms with Gasteiger partial charge in [0.1, 0.15) is 11.5 Å². The maximum absolute atomic E-state index is 5.86. The van der Waals surface area contributed by atoms with Gasteiger partial charge in [-0.15, -0.1) is 0 Å². The van der Waals surface area contributed by atoms with E-state index in [0.29, 0.717) is 5.92 Å². The molecule has 23 heavy (non-hydrogen) atoms. The van der Waals surface area contributed by atoms with Crippen LogP contribution in [0.3, 0.4) is 0 Å². The molecular weight excluding hydrogens is 288 g/mol. The molecular formula is C19H24N2O2. The summed E-state index contributed by atoms with van der Waals surface area (Å²) in [6.45, 7) is 5.79. The van der Waals surface area contributed by atoms with Gasteiger partial charge in [0.25, 0.3) is 0 Å². The summed E-state index contributed by atoms with van der Waals surface area (Å²) < 4.78 is 11.4. The fourth-order valence-electron chi connectivity index (χ4n) is 2.86. The quantitative estimate of drug-likeness (QED) is 0.883. The van der Waals surface area contributed by atoms with Crippen LogP contribution in [0.1, 0.15) is 24.0 Å². The lowest BCUT2D eigenvalue weighted by molar-refractivity contribution is 0.0547. The van der Waals surface area contributed by atoms with Gasteiger partial charge in [-0.05, 0) is 55.0 Å². The first-order valence-corrected chi connectivity index (χ1v) is 8.27. The minimum absolute atomic E-state index is 0.651. The van der Waals surface area contributed by atoms with Gasteiger partial charge >= 0.3 is 0 Å². The molecule has 0 saturated carbocycles. The molecule has 1 fully saturated rings. The van der Waals surface area contributed by atoms with Crippen molar-refractivity contribution in [3.05, 3.63) is 53.9 Å². The third-order valence-corrected chi connectivity index (χ3v) is 4.12. The Morgan fingerprint density at radius 1 is 1.35 bits per heavy atom. The summed E-state index contributed by atoms with van der Waals surface area (Å²) in [5.41, 5.74) is 2.41. The van der Waals surface area contributed by atoms with E-state index in [-0.39, 0.29) is 0 Å². The van der Waals surface area contributed by atoms with Crippen molar-refractivity contribution in [2.75, 3.05) is 19.8 Å². The number of rotatable bonds is 6. The van der Waals surface area contributed by atoms with Crippen molar-refractivity contribution in [1.29, 1.82) is 0 Å². The van der Waals surface area contributed by atoms with Crippen LogP contribution in [0.25, 0.3) is 0 Å². The molecule has 1 aliphatic rings. The maximum atomic E-state index is 5.86. The first-order valence-electron chi connectivity index (χ1n) is 8.27. The molecule has 1 aromatic carbocycles. The fourth-order valence-corrected chi connectivity index (χ4v) is 2.86. The van der Waals surface area contributed by atoms with E-state index in [4.69, 9.17) is 9.47 Å². The highest BCUT2D eigenvalue weighted by molar-refractivity contribution is 5.39. The molecule has 1 atom stereocenters. The normalized spacial score (nSPS) is 17.9. The Bertz CT molecular complexity index is 610. The minimum Gasteiger partial charge on any atom is -0.455 e. The monoisotopic (exact) mass is 312 g/mol. The second-order valence-corrected chi connectivity index (χ2v) is 6.10. The van der Waals surface area contributed by atoms with Crippen LogP contribution in [-0.4, -0.2) is 24.7 Å². The summed E-state index contributed by atoms with van der Waals surface area (Å²) in [7, 11) is 0.